The Morgan fingerprint density at radius 3 is 2.44 bits per heavy atom. The van der Waals surface area contributed by atoms with Crippen molar-refractivity contribution in [2.24, 2.45) is 0 Å². The van der Waals surface area contributed by atoms with Crippen LogP contribution < -0.4 is 4.90 Å². The van der Waals surface area contributed by atoms with Gasteiger partial charge in [-0.25, -0.2) is 4.79 Å². The predicted molar refractivity (Wildman–Crippen MR) is 73.8 cm³/mol. The lowest BCUT2D eigenvalue weighted by Gasteiger charge is -2.27. The van der Waals surface area contributed by atoms with Gasteiger partial charge in [-0.3, -0.25) is 9.69 Å². The Balaban J connectivity index is 2.99. The Hall–Kier alpha value is -1.36. The molecular weight excluding hydrogens is 298 g/mol. The van der Waals surface area contributed by atoms with Crippen molar-refractivity contribution in [1.82, 2.24) is 0 Å². The zero-order valence-corrected chi connectivity index (χ0v) is 12.0. The van der Waals surface area contributed by atoms with Gasteiger partial charge in [-0.05, 0) is 26.0 Å². The molecule has 0 aliphatic carbocycles. The normalized spacial score (nSPS) is 11.7. The summed E-state index contributed by atoms with van der Waals surface area (Å²) in [5.74, 6) is -0.586. The second-order valence-corrected chi connectivity index (χ2v) is 4.22. The molecule has 0 heterocycles. The number of esters is 1. The minimum atomic E-state index is -0.641. The van der Waals surface area contributed by atoms with E-state index >= 15 is 0 Å². The average Bonchev–Trinajstić information content (AvgIpc) is 2.40. The largest absolute Gasteiger partial charge is 0.464 e. The number of carbonyl (C=O) groups excluding carboxylic acids is 2. The molecule has 5 heteroatoms. The van der Waals surface area contributed by atoms with E-state index in [0.29, 0.717) is 12.3 Å². The first-order valence-electron chi connectivity index (χ1n) is 5.71. The fourth-order valence-corrected chi connectivity index (χ4v) is 1.88. The number of benzene rings is 1. The first-order valence-corrected chi connectivity index (χ1v) is 6.83. The number of carbonyl (C=O) groups is 2. The van der Waals surface area contributed by atoms with Gasteiger partial charge in [0.15, 0.2) is 0 Å². The smallest absolute Gasteiger partial charge is 0.328 e. The van der Waals surface area contributed by atoms with Crippen molar-refractivity contribution in [2.45, 2.75) is 19.9 Å². The highest BCUT2D eigenvalue weighted by atomic mass is 79.9. The molecule has 0 aromatic heterocycles. The van der Waals surface area contributed by atoms with Gasteiger partial charge in [0.2, 0.25) is 5.91 Å². The van der Waals surface area contributed by atoms with Gasteiger partial charge in [0.1, 0.15) is 6.04 Å². The van der Waals surface area contributed by atoms with Crippen LogP contribution in [0.1, 0.15) is 13.8 Å². The number of amides is 1. The lowest BCUT2D eigenvalue weighted by molar-refractivity contribution is -0.145. The van der Waals surface area contributed by atoms with Gasteiger partial charge >= 0.3 is 5.97 Å². The molecule has 1 aromatic rings. The Bertz CT molecular complexity index is 408. The van der Waals surface area contributed by atoms with E-state index < -0.39 is 12.0 Å². The monoisotopic (exact) mass is 313 g/mol. The third kappa shape index (κ3) is 3.57. The zero-order chi connectivity index (χ0) is 13.5. The first kappa shape index (κ1) is 14.7. The Morgan fingerprint density at radius 1 is 1.33 bits per heavy atom. The Morgan fingerprint density at radius 2 is 1.94 bits per heavy atom. The minimum absolute atomic E-state index is 0.158. The molecule has 0 bridgehead atoms. The number of halogens is 1. The predicted octanol–water partition coefficient (Wildman–Crippen LogP) is 2.37. The molecule has 0 aliphatic heterocycles. The Kier molecular flexibility index (Phi) is 5.85. The number of ether oxygens (including phenoxy) is 1. The fourth-order valence-electron chi connectivity index (χ4n) is 1.60. The molecule has 98 valence electrons. The molecular formula is C13H16BrNO3. The van der Waals surface area contributed by atoms with E-state index in [0.717, 1.165) is 0 Å². The van der Waals surface area contributed by atoms with Gasteiger partial charge in [-0.1, -0.05) is 34.1 Å². The van der Waals surface area contributed by atoms with Gasteiger partial charge in [0, 0.05) is 5.69 Å². The number of alkyl halides is 1. The van der Waals surface area contributed by atoms with Crippen LogP contribution in [0.3, 0.4) is 0 Å². The van der Waals surface area contributed by atoms with Crippen LogP contribution in [0.4, 0.5) is 5.69 Å². The summed E-state index contributed by atoms with van der Waals surface area (Å²) >= 11 is 3.13. The number of para-hydroxylation sites is 1. The van der Waals surface area contributed by atoms with E-state index in [1.54, 1.807) is 26.0 Å². The summed E-state index contributed by atoms with van der Waals surface area (Å²) < 4.78 is 4.95. The summed E-state index contributed by atoms with van der Waals surface area (Å²) in [7, 11) is 0. The van der Waals surface area contributed by atoms with Gasteiger partial charge in [0.05, 0.1) is 11.9 Å². The number of hydrogen-bond acceptors (Lipinski definition) is 3. The molecule has 0 saturated heterocycles. The molecule has 0 unspecified atom stereocenters. The van der Waals surface area contributed by atoms with Crippen LogP contribution in [0, 0.1) is 0 Å². The molecule has 1 atom stereocenters. The summed E-state index contributed by atoms with van der Waals surface area (Å²) in [5, 5.41) is 0.158. The quantitative estimate of drug-likeness (QED) is 0.619. The van der Waals surface area contributed by atoms with Crippen molar-refractivity contribution in [1.29, 1.82) is 0 Å². The summed E-state index contributed by atoms with van der Waals surface area (Å²) in [5.41, 5.74) is 0.683. The number of rotatable bonds is 5. The third-order valence-corrected chi connectivity index (χ3v) is 2.91. The first-order chi connectivity index (χ1) is 8.61. The van der Waals surface area contributed by atoms with Crippen LogP contribution in [0.2, 0.25) is 0 Å². The molecule has 0 aliphatic rings. The molecule has 0 saturated carbocycles. The maximum atomic E-state index is 11.9. The highest BCUT2D eigenvalue weighted by molar-refractivity contribution is 9.09. The highest BCUT2D eigenvalue weighted by Gasteiger charge is 2.27. The van der Waals surface area contributed by atoms with Crippen LogP contribution in [0.5, 0.6) is 0 Å². The average molecular weight is 314 g/mol. The van der Waals surface area contributed by atoms with Gasteiger partial charge < -0.3 is 4.74 Å². The second-order valence-electron chi connectivity index (χ2n) is 3.66. The van der Waals surface area contributed by atoms with E-state index in [4.69, 9.17) is 4.74 Å². The van der Waals surface area contributed by atoms with Crippen molar-refractivity contribution < 1.29 is 14.3 Å². The lowest BCUT2D eigenvalue weighted by atomic mass is 10.2. The molecule has 4 nitrogen and oxygen atoms in total. The maximum Gasteiger partial charge on any atom is 0.328 e. The van der Waals surface area contributed by atoms with E-state index in [1.807, 2.05) is 18.2 Å². The van der Waals surface area contributed by atoms with Gasteiger partial charge in [-0.15, -0.1) is 0 Å². The maximum absolute atomic E-state index is 11.9. The van der Waals surface area contributed by atoms with Crippen LogP contribution in [0.25, 0.3) is 0 Å². The zero-order valence-electron chi connectivity index (χ0n) is 10.4. The van der Waals surface area contributed by atoms with E-state index in [-0.39, 0.29) is 11.2 Å². The third-order valence-electron chi connectivity index (χ3n) is 2.43. The standard InChI is InChI=1S/C13H16BrNO3/c1-3-18-13(17)10(2)15(12(16)9-14)11-7-5-4-6-8-11/h4-8,10H,3,9H2,1-2H3/t10-/m0/s1. The van der Waals surface area contributed by atoms with Gasteiger partial charge in [-0.2, -0.15) is 0 Å². The molecule has 0 radical (unpaired) electrons. The molecule has 0 spiro atoms. The van der Waals surface area contributed by atoms with E-state index in [2.05, 4.69) is 15.9 Å². The van der Waals surface area contributed by atoms with Crippen molar-refractivity contribution in [3.8, 4) is 0 Å². The molecule has 1 rings (SSSR count). The summed E-state index contributed by atoms with van der Waals surface area (Å²) in [4.78, 5) is 25.1. The topological polar surface area (TPSA) is 46.6 Å². The van der Waals surface area contributed by atoms with Crippen molar-refractivity contribution in [3.05, 3.63) is 30.3 Å². The molecule has 1 amide bonds. The van der Waals surface area contributed by atoms with Crippen molar-refractivity contribution >= 4 is 33.5 Å². The summed E-state index contributed by atoms with van der Waals surface area (Å²) in [6.45, 7) is 3.70. The fraction of sp³-hybridized carbons (Fsp3) is 0.385. The van der Waals surface area contributed by atoms with Crippen molar-refractivity contribution in [2.75, 3.05) is 16.8 Å². The van der Waals surface area contributed by atoms with E-state index in [1.165, 1.54) is 4.90 Å². The lowest BCUT2D eigenvalue weighted by Crippen LogP contribution is -2.45. The highest BCUT2D eigenvalue weighted by Crippen LogP contribution is 2.18. The molecule has 0 N–H and O–H groups in total. The summed E-state index contributed by atoms with van der Waals surface area (Å²) in [6.07, 6.45) is 0. The number of nitrogens with zero attached hydrogens (tertiary/aromatic N) is 1. The molecule has 18 heavy (non-hydrogen) atoms. The minimum Gasteiger partial charge on any atom is -0.464 e. The Labute approximate surface area is 115 Å². The summed E-state index contributed by atoms with van der Waals surface area (Å²) in [6, 6.07) is 8.43. The second kappa shape index (κ2) is 7.16. The van der Waals surface area contributed by atoms with E-state index in [9.17, 15) is 9.59 Å². The number of hydrogen-bond donors (Lipinski definition) is 0. The number of anilines is 1. The molecule has 0 fully saturated rings. The van der Waals surface area contributed by atoms with Crippen LogP contribution >= 0.6 is 15.9 Å². The van der Waals surface area contributed by atoms with Crippen LogP contribution in [0.15, 0.2) is 30.3 Å². The van der Waals surface area contributed by atoms with Crippen molar-refractivity contribution in [3.63, 3.8) is 0 Å². The molecule has 1 aromatic carbocycles. The van der Waals surface area contributed by atoms with Crippen LogP contribution in [-0.2, 0) is 14.3 Å². The van der Waals surface area contributed by atoms with Gasteiger partial charge in [0.25, 0.3) is 0 Å². The SMILES string of the molecule is CCOC(=O)[C@H](C)N(C(=O)CBr)c1ccccc1. The van der Waals surface area contributed by atoms with Crippen LogP contribution in [-0.4, -0.2) is 29.9 Å².